The van der Waals surface area contributed by atoms with Crippen LogP contribution in [0.15, 0.2) is 115 Å². The minimum Gasteiger partial charge on any atom is -0.507 e. The van der Waals surface area contributed by atoms with Gasteiger partial charge in [0.15, 0.2) is 22.2 Å². The fraction of sp³-hybridized carbons (Fsp3) is 0.118. The number of benzene rings is 4. The molecular formula is C34H26O6. The third-order valence-corrected chi connectivity index (χ3v) is 7.11. The summed E-state index contributed by atoms with van der Waals surface area (Å²) in [4.78, 5) is 26.8. The van der Waals surface area contributed by atoms with E-state index in [0.717, 1.165) is 11.1 Å². The molecule has 6 heteroatoms. The number of rotatable bonds is 7. The number of phenolic OH excluding ortho intramolecular Hbond substituents is 2. The quantitative estimate of drug-likeness (QED) is 0.243. The van der Waals surface area contributed by atoms with Gasteiger partial charge in [-0.1, -0.05) is 60.7 Å². The Kier molecular flexibility index (Phi) is 6.66. The molecule has 0 saturated heterocycles. The highest BCUT2D eigenvalue weighted by atomic mass is 16.4. The summed E-state index contributed by atoms with van der Waals surface area (Å²) in [6.45, 7) is 0. The molecule has 40 heavy (non-hydrogen) atoms. The van der Waals surface area contributed by atoms with E-state index < -0.39 is 0 Å². The summed E-state index contributed by atoms with van der Waals surface area (Å²) in [7, 11) is 0. The molecule has 0 radical (unpaired) electrons. The van der Waals surface area contributed by atoms with Crippen molar-refractivity contribution >= 4 is 21.9 Å². The Morgan fingerprint density at radius 3 is 1.73 bits per heavy atom. The first-order chi connectivity index (χ1) is 19.5. The second-order valence-electron chi connectivity index (χ2n) is 9.79. The molecule has 4 aromatic carbocycles. The number of hydrogen-bond acceptors (Lipinski definition) is 6. The topological polar surface area (TPSA) is 101 Å². The highest BCUT2D eigenvalue weighted by molar-refractivity contribution is 6.06. The van der Waals surface area contributed by atoms with Gasteiger partial charge in [-0.2, -0.15) is 0 Å². The predicted octanol–water partition coefficient (Wildman–Crippen LogP) is 6.55. The average Bonchev–Trinajstić information content (AvgIpc) is 2.97. The molecule has 198 valence electrons. The second-order valence-corrected chi connectivity index (χ2v) is 9.79. The molecule has 0 saturated carbocycles. The maximum absolute atomic E-state index is 13.4. The standard InChI is InChI=1S/C34H26O6/c35-26-17-18-30-33(29(38)19-23(39-30)13-11-21-7-3-1-4-8-21)31(26)25-15-16-27(36)34-32(25)28(37)20-24(40-34)14-12-22-9-5-2-6-10-22/h1-10,15-20,35-36H,11-14H2. The lowest BCUT2D eigenvalue weighted by molar-refractivity contribution is 0.453. The number of aromatic hydroxyl groups is 2. The van der Waals surface area contributed by atoms with Gasteiger partial charge in [-0.3, -0.25) is 9.59 Å². The lowest BCUT2D eigenvalue weighted by Crippen LogP contribution is -2.08. The summed E-state index contributed by atoms with van der Waals surface area (Å²) in [6.07, 6.45) is 2.36. The van der Waals surface area contributed by atoms with E-state index in [9.17, 15) is 19.8 Å². The van der Waals surface area contributed by atoms with E-state index in [-0.39, 0.29) is 49.8 Å². The van der Waals surface area contributed by atoms with Crippen molar-refractivity contribution in [2.75, 3.05) is 0 Å². The van der Waals surface area contributed by atoms with Gasteiger partial charge in [0.05, 0.1) is 10.8 Å². The third-order valence-electron chi connectivity index (χ3n) is 7.11. The SMILES string of the molecule is O=c1cc(CCc2ccccc2)oc2ccc(O)c(-c3ccc(O)c4oc(CCc5ccccc5)cc(=O)c34)c12. The number of aryl methyl sites for hydroxylation is 4. The van der Waals surface area contributed by atoms with Crippen LogP contribution in [0.1, 0.15) is 22.6 Å². The van der Waals surface area contributed by atoms with Gasteiger partial charge in [-0.25, -0.2) is 0 Å². The van der Waals surface area contributed by atoms with Gasteiger partial charge in [-0.15, -0.1) is 0 Å². The van der Waals surface area contributed by atoms with Crippen LogP contribution in [-0.4, -0.2) is 10.2 Å². The van der Waals surface area contributed by atoms with Crippen LogP contribution in [0, 0.1) is 0 Å². The zero-order valence-corrected chi connectivity index (χ0v) is 21.6. The molecule has 0 spiro atoms. The Morgan fingerprint density at radius 2 is 1.10 bits per heavy atom. The Labute approximate surface area is 229 Å². The first-order valence-electron chi connectivity index (χ1n) is 13.1. The Hall–Kier alpha value is -5.10. The first-order valence-corrected chi connectivity index (χ1v) is 13.1. The van der Waals surface area contributed by atoms with Crippen LogP contribution < -0.4 is 10.9 Å². The molecule has 6 rings (SSSR count). The molecule has 0 aliphatic rings. The maximum atomic E-state index is 13.4. The van der Waals surface area contributed by atoms with Crippen molar-refractivity contribution in [3.8, 4) is 22.6 Å². The molecule has 6 nitrogen and oxygen atoms in total. The van der Waals surface area contributed by atoms with Crippen molar-refractivity contribution in [3.05, 3.63) is 140 Å². The van der Waals surface area contributed by atoms with Crippen molar-refractivity contribution in [3.63, 3.8) is 0 Å². The lowest BCUT2D eigenvalue weighted by Gasteiger charge is -2.13. The summed E-state index contributed by atoms with van der Waals surface area (Å²) in [5, 5.41) is 21.8. The number of fused-ring (bicyclic) bond motifs is 2. The summed E-state index contributed by atoms with van der Waals surface area (Å²) >= 11 is 0. The Balaban J connectivity index is 1.43. The molecule has 2 aromatic heterocycles. The van der Waals surface area contributed by atoms with Crippen molar-refractivity contribution in [1.29, 1.82) is 0 Å². The molecule has 6 aromatic rings. The molecule has 0 atom stereocenters. The van der Waals surface area contributed by atoms with E-state index in [4.69, 9.17) is 8.83 Å². The van der Waals surface area contributed by atoms with Crippen molar-refractivity contribution in [2.45, 2.75) is 25.7 Å². The molecule has 0 aliphatic carbocycles. The van der Waals surface area contributed by atoms with Gasteiger partial charge in [-0.05, 0) is 48.2 Å². The normalized spacial score (nSPS) is 11.3. The van der Waals surface area contributed by atoms with Crippen LogP contribution in [0.2, 0.25) is 0 Å². The van der Waals surface area contributed by atoms with Crippen molar-refractivity contribution in [2.24, 2.45) is 0 Å². The fourth-order valence-electron chi connectivity index (χ4n) is 5.14. The van der Waals surface area contributed by atoms with Gasteiger partial charge in [0.1, 0.15) is 22.9 Å². The summed E-state index contributed by atoms with van der Waals surface area (Å²) < 4.78 is 12.1. The molecule has 0 amide bonds. The fourth-order valence-corrected chi connectivity index (χ4v) is 5.14. The molecular weight excluding hydrogens is 504 g/mol. The molecule has 0 fully saturated rings. The third kappa shape index (κ3) is 4.87. The highest BCUT2D eigenvalue weighted by Gasteiger charge is 2.21. The van der Waals surface area contributed by atoms with Crippen LogP contribution in [0.4, 0.5) is 0 Å². The minimum absolute atomic E-state index is 0.00772. The van der Waals surface area contributed by atoms with E-state index in [0.29, 0.717) is 42.8 Å². The molecule has 2 heterocycles. The number of phenols is 2. The van der Waals surface area contributed by atoms with E-state index in [1.165, 1.54) is 30.3 Å². The Morgan fingerprint density at radius 1 is 0.550 bits per heavy atom. The van der Waals surface area contributed by atoms with Gasteiger partial charge in [0.2, 0.25) is 0 Å². The minimum atomic E-state index is -0.379. The largest absolute Gasteiger partial charge is 0.507 e. The molecule has 0 unspecified atom stereocenters. The van der Waals surface area contributed by atoms with Gasteiger partial charge in [0, 0.05) is 36.1 Å². The van der Waals surface area contributed by atoms with Crippen LogP contribution in [0.5, 0.6) is 11.5 Å². The zero-order chi connectivity index (χ0) is 27.6. The molecule has 0 aliphatic heterocycles. The van der Waals surface area contributed by atoms with Crippen LogP contribution in [-0.2, 0) is 25.7 Å². The van der Waals surface area contributed by atoms with Gasteiger partial charge in [0.25, 0.3) is 0 Å². The monoisotopic (exact) mass is 530 g/mol. The van der Waals surface area contributed by atoms with Crippen LogP contribution in [0.25, 0.3) is 33.1 Å². The Bertz CT molecular complexity index is 1950. The zero-order valence-electron chi connectivity index (χ0n) is 21.6. The highest BCUT2D eigenvalue weighted by Crippen LogP contribution is 2.40. The van der Waals surface area contributed by atoms with Crippen molar-refractivity contribution < 1.29 is 19.0 Å². The van der Waals surface area contributed by atoms with E-state index in [2.05, 4.69) is 0 Å². The van der Waals surface area contributed by atoms with E-state index >= 15 is 0 Å². The predicted molar refractivity (Wildman–Crippen MR) is 155 cm³/mol. The van der Waals surface area contributed by atoms with Crippen molar-refractivity contribution in [1.82, 2.24) is 0 Å². The summed E-state index contributed by atoms with van der Waals surface area (Å²) in [5.41, 5.74) is 2.26. The smallest absolute Gasteiger partial charge is 0.193 e. The number of hydrogen-bond donors (Lipinski definition) is 2. The average molecular weight is 531 g/mol. The second kappa shape index (κ2) is 10.6. The van der Waals surface area contributed by atoms with Crippen LogP contribution >= 0.6 is 0 Å². The lowest BCUT2D eigenvalue weighted by atomic mass is 9.95. The maximum Gasteiger partial charge on any atom is 0.193 e. The first kappa shape index (κ1) is 25.2. The summed E-state index contributed by atoms with van der Waals surface area (Å²) in [6, 6.07) is 28.5. The molecule has 0 bridgehead atoms. The molecule has 2 N–H and O–H groups in total. The summed E-state index contributed by atoms with van der Waals surface area (Å²) in [5.74, 6) is 0.568. The van der Waals surface area contributed by atoms with E-state index in [1.807, 2.05) is 60.7 Å². The van der Waals surface area contributed by atoms with E-state index in [1.54, 1.807) is 6.07 Å². The van der Waals surface area contributed by atoms with Crippen LogP contribution in [0.3, 0.4) is 0 Å². The van der Waals surface area contributed by atoms with Gasteiger partial charge >= 0.3 is 0 Å². The van der Waals surface area contributed by atoms with Gasteiger partial charge < -0.3 is 19.0 Å².